The molecule has 4 rings (SSSR count). The molecule has 2 aliphatic rings. The lowest BCUT2D eigenvalue weighted by Gasteiger charge is -2.20. The number of hydrogen-bond acceptors (Lipinski definition) is 3. The molecule has 2 unspecified atom stereocenters. The normalized spacial score (nSPS) is 25.0. The predicted molar refractivity (Wildman–Crippen MR) is 95.0 cm³/mol. The summed E-state index contributed by atoms with van der Waals surface area (Å²) in [7, 11) is 0. The Bertz CT molecular complexity index is 750. The first-order valence-corrected chi connectivity index (χ1v) is 8.55. The molecule has 0 spiro atoms. The minimum absolute atomic E-state index is 0.342. The maximum Gasteiger partial charge on any atom is 0.300 e. The smallest absolute Gasteiger partial charge is 0.300 e. The Labute approximate surface area is 142 Å². The van der Waals surface area contributed by atoms with E-state index in [1.807, 2.05) is 12.1 Å². The van der Waals surface area contributed by atoms with E-state index in [1.54, 1.807) is 6.07 Å². The highest BCUT2D eigenvalue weighted by molar-refractivity contribution is 5.84. The maximum absolute atomic E-state index is 9.51. The topological polar surface area (TPSA) is 60.8 Å². The van der Waals surface area contributed by atoms with Crippen LogP contribution < -0.4 is 0 Å². The number of fused-ring (bicyclic) bond motifs is 2. The van der Waals surface area contributed by atoms with Gasteiger partial charge in [-0.2, -0.15) is 0 Å². The van der Waals surface area contributed by atoms with Gasteiger partial charge >= 0.3 is 0 Å². The summed E-state index contributed by atoms with van der Waals surface area (Å²) >= 11 is 0. The third-order valence-corrected chi connectivity index (χ3v) is 5.37. The van der Waals surface area contributed by atoms with Gasteiger partial charge in [0.25, 0.3) is 5.97 Å². The van der Waals surface area contributed by atoms with Crippen LogP contribution in [0, 0.1) is 11.3 Å². The van der Waals surface area contributed by atoms with Crippen LogP contribution in [0.2, 0.25) is 0 Å². The van der Waals surface area contributed by atoms with Crippen LogP contribution in [0.5, 0.6) is 5.75 Å². The second-order valence-corrected chi connectivity index (χ2v) is 7.17. The second-order valence-electron chi connectivity index (χ2n) is 7.17. The van der Waals surface area contributed by atoms with Crippen molar-refractivity contribution in [1.29, 1.82) is 0 Å². The summed E-state index contributed by atoms with van der Waals surface area (Å²) in [6.45, 7) is 7.05. The van der Waals surface area contributed by atoms with Gasteiger partial charge < -0.3 is 10.2 Å². The fourth-order valence-electron chi connectivity index (χ4n) is 4.01. The standard InChI is InChI=1S/C18H21NO.C2H4O2/c1-2-18-9-16(18)11-19(12-18)10-13-3-4-15-8-17(20)6-5-14(15)7-13;1-2(3)4/h3-8,16,20H,2,9-12H2,1H3;1H3,(H,3,4). The van der Waals surface area contributed by atoms with E-state index in [2.05, 4.69) is 30.0 Å². The molecule has 1 aliphatic heterocycles. The molecular formula is C20H25NO3. The number of rotatable bonds is 3. The number of carbonyl (C=O) groups is 1. The second kappa shape index (κ2) is 6.44. The molecule has 0 radical (unpaired) electrons. The van der Waals surface area contributed by atoms with Crippen molar-refractivity contribution in [2.75, 3.05) is 13.1 Å². The molecule has 4 nitrogen and oxygen atoms in total. The number of likely N-dealkylation sites (tertiary alicyclic amines) is 1. The van der Waals surface area contributed by atoms with E-state index in [0.717, 1.165) is 24.8 Å². The number of aliphatic carboxylic acids is 1. The van der Waals surface area contributed by atoms with Gasteiger partial charge in [0.05, 0.1) is 0 Å². The van der Waals surface area contributed by atoms with Crippen LogP contribution in [0.15, 0.2) is 36.4 Å². The zero-order valence-corrected chi connectivity index (χ0v) is 14.3. The van der Waals surface area contributed by atoms with Gasteiger partial charge in [-0.05, 0) is 58.7 Å². The van der Waals surface area contributed by atoms with E-state index in [9.17, 15) is 5.11 Å². The van der Waals surface area contributed by atoms with E-state index < -0.39 is 5.97 Å². The molecule has 2 fully saturated rings. The Morgan fingerprint density at radius 1 is 1.25 bits per heavy atom. The number of hydrogen-bond donors (Lipinski definition) is 2. The lowest BCUT2D eigenvalue weighted by Crippen LogP contribution is -2.24. The summed E-state index contributed by atoms with van der Waals surface area (Å²) in [5.74, 6) is 0.472. The van der Waals surface area contributed by atoms with Crippen molar-refractivity contribution in [2.24, 2.45) is 11.3 Å². The average molecular weight is 327 g/mol. The molecule has 1 heterocycles. The van der Waals surface area contributed by atoms with E-state index in [0.29, 0.717) is 11.2 Å². The first kappa shape index (κ1) is 16.8. The molecule has 2 aromatic rings. The van der Waals surface area contributed by atoms with Crippen LogP contribution in [-0.2, 0) is 11.3 Å². The van der Waals surface area contributed by atoms with Gasteiger partial charge in [0, 0.05) is 26.6 Å². The molecule has 1 saturated carbocycles. The van der Waals surface area contributed by atoms with Crippen LogP contribution in [0.3, 0.4) is 0 Å². The predicted octanol–water partition coefficient (Wildman–Crippen LogP) is 3.87. The van der Waals surface area contributed by atoms with Crippen LogP contribution in [0.25, 0.3) is 10.8 Å². The van der Waals surface area contributed by atoms with Crippen molar-refractivity contribution in [1.82, 2.24) is 4.90 Å². The van der Waals surface area contributed by atoms with Crippen molar-refractivity contribution in [2.45, 2.75) is 33.2 Å². The van der Waals surface area contributed by atoms with Gasteiger partial charge in [-0.15, -0.1) is 0 Å². The van der Waals surface area contributed by atoms with Crippen LogP contribution in [-0.4, -0.2) is 34.2 Å². The van der Waals surface area contributed by atoms with Crippen molar-refractivity contribution in [3.05, 3.63) is 42.0 Å². The minimum Gasteiger partial charge on any atom is -0.508 e. The number of nitrogens with zero attached hydrogens (tertiary/aromatic N) is 1. The van der Waals surface area contributed by atoms with Gasteiger partial charge in [0.1, 0.15) is 5.75 Å². The summed E-state index contributed by atoms with van der Waals surface area (Å²) in [4.78, 5) is 11.6. The third kappa shape index (κ3) is 3.54. The van der Waals surface area contributed by atoms with E-state index in [-0.39, 0.29) is 0 Å². The zero-order valence-electron chi connectivity index (χ0n) is 14.3. The highest BCUT2D eigenvalue weighted by Gasteiger charge is 2.57. The number of aromatic hydroxyl groups is 1. The minimum atomic E-state index is -0.833. The molecule has 0 amide bonds. The molecule has 128 valence electrons. The largest absolute Gasteiger partial charge is 0.508 e. The summed E-state index contributed by atoms with van der Waals surface area (Å²) in [5, 5.41) is 19.3. The van der Waals surface area contributed by atoms with Crippen molar-refractivity contribution >= 4 is 16.7 Å². The van der Waals surface area contributed by atoms with Gasteiger partial charge in [-0.1, -0.05) is 25.1 Å². The Morgan fingerprint density at radius 3 is 2.58 bits per heavy atom. The number of carboxylic acids is 1. The van der Waals surface area contributed by atoms with Crippen molar-refractivity contribution in [3.63, 3.8) is 0 Å². The Morgan fingerprint density at radius 2 is 1.92 bits per heavy atom. The van der Waals surface area contributed by atoms with Gasteiger partial charge in [-0.25, -0.2) is 0 Å². The van der Waals surface area contributed by atoms with Crippen LogP contribution >= 0.6 is 0 Å². The SMILES string of the molecule is CC(=O)O.CCC12CC1CN(Cc1ccc3cc(O)ccc3c1)C2. The summed E-state index contributed by atoms with van der Waals surface area (Å²) in [6, 6.07) is 12.2. The van der Waals surface area contributed by atoms with Gasteiger partial charge in [-0.3, -0.25) is 9.69 Å². The molecular weight excluding hydrogens is 302 g/mol. The molecule has 0 bridgehead atoms. The molecule has 2 aromatic carbocycles. The van der Waals surface area contributed by atoms with Crippen molar-refractivity contribution < 1.29 is 15.0 Å². The molecule has 1 aliphatic carbocycles. The fourth-order valence-corrected chi connectivity index (χ4v) is 4.01. The highest BCUT2D eigenvalue weighted by Crippen LogP contribution is 2.60. The number of phenols is 1. The summed E-state index contributed by atoms with van der Waals surface area (Å²) in [6.07, 6.45) is 2.79. The Kier molecular flexibility index (Phi) is 4.50. The Hall–Kier alpha value is -2.07. The number of carboxylic acid groups (broad SMARTS) is 1. The quantitative estimate of drug-likeness (QED) is 0.898. The maximum atomic E-state index is 9.51. The summed E-state index contributed by atoms with van der Waals surface area (Å²) in [5.41, 5.74) is 2.05. The first-order valence-electron chi connectivity index (χ1n) is 8.55. The van der Waals surface area contributed by atoms with Gasteiger partial charge in [0.15, 0.2) is 0 Å². The monoisotopic (exact) mass is 327 g/mol. The summed E-state index contributed by atoms with van der Waals surface area (Å²) < 4.78 is 0. The fraction of sp³-hybridized carbons (Fsp3) is 0.450. The van der Waals surface area contributed by atoms with Crippen molar-refractivity contribution in [3.8, 4) is 5.75 Å². The van der Waals surface area contributed by atoms with Gasteiger partial charge in [0.2, 0.25) is 0 Å². The molecule has 1 saturated heterocycles. The lowest BCUT2D eigenvalue weighted by molar-refractivity contribution is -0.134. The van der Waals surface area contributed by atoms with E-state index in [1.165, 1.54) is 36.9 Å². The molecule has 4 heteroatoms. The molecule has 0 aromatic heterocycles. The van der Waals surface area contributed by atoms with E-state index in [4.69, 9.17) is 9.90 Å². The molecule has 2 N–H and O–H groups in total. The number of benzene rings is 2. The Balaban J connectivity index is 0.000000383. The van der Waals surface area contributed by atoms with Crippen LogP contribution in [0.1, 0.15) is 32.3 Å². The lowest BCUT2D eigenvalue weighted by atomic mass is 10.0. The molecule has 24 heavy (non-hydrogen) atoms. The first-order chi connectivity index (χ1) is 11.4. The molecule has 2 atom stereocenters. The van der Waals surface area contributed by atoms with E-state index >= 15 is 0 Å². The highest BCUT2D eigenvalue weighted by atomic mass is 16.4. The average Bonchev–Trinajstić information content (AvgIpc) is 3.09. The van der Waals surface area contributed by atoms with Crippen LogP contribution in [0.4, 0.5) is 0 Å². The zero-order chi connectivity index (χ0) is 17.3. The number of phenolic OH excluding ortho intramolecular Hbond substituents is 1. The third-order valence-electron chi connectivity index (χ3n) is 5.37. The number of piperidine rings is 1.